The van der Waals surface area contributed by atoms with Crippen molar-refractivity contribution in [1.82, 2.24) is 19.5 Å². The molecule has 0 aliphatic carbocycles. The second kappa shape index (κ2) is 16.1. The third-order valence-electron chi connectivity index (χ3n) is 9.41. The first-order chi connectivity index (χ1) is 25.0. The van der Waals surface area contributed by atoms with E-state index < -0.39 is 16.1 Å². The summed E-state index contributed by atoms with van der Waals surface area (Å²) in [5.74, 6) is 5.71. The molecule has 0 spiro atoms. The molecule has 3 aromatic carbocycles. The third-order valence-corrected chi connectivity index (χ3v) is 12.3. The number of hydrogen-bond acceptors (Lipinski definition) is 9. The minimum Gasteiger partial charge on any atom is -0.487 e. The van der Waals surface area contributed by atoms with Gasteiger partial charge >= 0.3 is 0 Å². The molecule has 0 unspecified atom stereocenters. The molecule has 3 heterocycles. The first-order valence-corrected chi connectivity index (χ1v) is 19.2. The minimum atomic E-state index is -4.19. The highest BCUT2D eigenvalue weighted by molar-refractivity contribution is 7.89. The van der Waals surface area contributed by atoms with Crippen molar-refractivity contribution in [3.63, 3.8) is 0 Å². The summed E-state index contributed by atoms with van der Waals surface area (Å²) in [6.07, 6.45) is 3.45. The summed E-state index contributed by atoms with van der Waals surface area (Å²) >= 11 is 13.3. The Labute approximate surface area is 312 Å². The summed E-state index contributed by atoms with van der Waals surface area (Å²) < 4.78 is 41.2. The molecule has 2 amide bonds. The van der Waals surface area contributed by atoms with Crippen LogP contribution in [0.25, 0.3) is 10.9 Å². The number of nitrogens with zero attached hydrogens (tertiary/aromatic N) is 4. The number of carbonyl (C=O) groups is 2. The zero-order valence-corrected chi connectivity index (χ0v) is 31.2. The molecule has 0 bridgehead atoms. The number of nitrogens with one attached hydrogen (secondary N) is 1. The lowest BCUT2D eigenvalue weighted by molar-refractivity contribution is -0.134. The fourth-order valence-corrected chi connectivity index (χ4v) is 9.21. The zero-order chi connectivity index (χ0) is 37.0. The smallest absolute Gasteiger partial charge is 0.260 e. The van der Waals surface area contributed by atoms with E-state index in [-0.39, 0.29) is 52.6 Å². The van der Waals surface area contributed by atoms with Crippen LogP contribution in [0.1, 0.15) is 48.1 Å². The molecule has 274 valence electrons. The van der Waals surface area contributed by atoms with Crippen LogP contribution in [0.5, 0.6) is 11.5 Å². The van der Waals surface area contributed by atoms with E-state index >= 15 is 0 Å². The predicted molar refractivity (Wildman–Crippen MR) is 200 cm³/mol. The number of hydrazone groups is 1. The fourth-order valence-electron chi connectivity index (χ4n) is 6.69. The molecular formula is C37H40Cl2N6O6S. The highest BCUT2D eigenvalue weighted by Gasteiger charge is 2.41. The van der Waals surface area contributed by atoms with Gasteiger partial charge in [-0.15, -0.1) is 0 Å². The normalized spacial score (nSPS) is 17.2. The number of likely N-dealkylation sites (tertiary alicyclic amines) is 1. The van der Waals surface area contributed by atoms with Crippen LogP contribution in [0.3, 0.4) is 0 Å². The number of piperidine rings is 1. The van der Waals surface area contributed by atoms with Crippen LogP contribution in [0, 0.1) is 13.8 Å². The number of aryl methyl sites for hydroxylation is 2. The number of hydrogen-bond donors (Lipinski definition) is 2. The molecule has 3 N–H and O–H groups in total. The van der Waals surface area contributed by atoms with Gasteiger partial charge in [-0.1, -0.05) is 35.3 Å². The molecule has 52 heavy (non-hydrogen) atoms. The minimum absolute atomic E-state index is 0.0572. The summed E-state index contributed by atoms with van der Waals surface area (Å²) in [5.41, 5.74) is 3.71. The summed E-state index contributed by atoms with van der Waals surface area (Å²) in [4.78, 5) is 32.6. The number of pyridine rings is 1. The number of halogens is 2. The Morgan fingerprint density at radius 1 is 1.02 bits per heavy atom. The van der Waals surface area contributed by atoms with E-state index in [0.29, 0.717) is 61.4 Å². The molecule has 2 aliphatic heterocycles. The maximum absolute atomic E-state index is 14.1. The molecule has 1 atom stereocenters. The molecule has 2 fully saturated rings. The molecule has 0 saturated carbocycles. The number of para-hydroxylation sites is 1. The van der Waals surface area contributed by atoms with Crippen molar-refractivity contribution in [1.29, 1.82) is 0 Å². The lowest BCUT2D eigenvalue weighted by Crippen LogP contribution is -2.52. The summed E-state index contributed by atoms with van der Waals surface area (Å²) in [5, 5.41) is 7.65. The fraction of sp³-hybridized carbons (Fsp3) is 0.351. The number of amides is 2. The number of ether oxygens (including phenoxy) is 2. The monoisotopic (exact) mass is 766 g/mol. The predicted octanol–water partition coefficient (Wildman–Crippen LogP) is 5.37. The maximum atomic E-state index is 14.1. The van der Waals surface area contributed by atoms with Gasteiger partial charge in [0.25, 0.3) is 5.91 Å². The van der Waals surface area contributed by atoms with Crippen molar-refractivity contribution in [2.24, 2.45) is 10.9 Å². The average Bonchev–Trinajstić information content (AvgIpc) is 3.63. The molecule has 4 aromatic rings. The Morgan fingerprint density at radius 2 is 1.77 bits per heavy atom. The van der Waals surface area contributed by atoms with Crippen LogP contribution in [-0.4, -0.2) is 79.0 Å². The largest absolute Gasteiger partial charge is 0.487 e. The van der Waals surface area contributed by atoms with Gasteiger partial charge in [-0.2, -0.15) is 9.41 Å². The molecule has 2 aliphatic rings. The van der Waals surface area contributed by atoms with Crippen LogP contribution in [0.4, 0.5) is 0 Å². The average molecular weight is 768 g/mol. The van der Waals surface area contributed by atoms with E-state index in [9.17, 15) is 18.0 Å². The van der Waals surface area contributed by atoms with Crippen molar-refractivity contribution in [3.8, 4) is 11.5 Å². The van der Waals surface area contributed by atoms with Crippen LogP contribution in [0.15, 0.2) is 70.7 Å². The van der Waals surface area contributed by atoms with Gasteiger partial charge in [0.15, 0.2) is 6.61 Å². The van der Waals surface area contributed by atoms with Crippen molar-refractivity contribution >= 4 is 62.2 Å². The van der Waals surface area contributed by atoms with Gasteiger partial charge in [0, 0.05) is 47.3 Å². The van der Waals surface area contributed by atoms with Gasteiger partial charge in [0.05, 0.1) is 11.2 Å². The Hall–Kier alpha value is -4.43. The quantitative estimate of drug-likeness (QED) is 0.117. The van der Waals surface area contributed by atoms with E-state index in [1.54, 1.807) is 35.2 Å². The third kappa shape index (κ3) is 8.12. The number of carbonyl (C=O) groups excluding carboxylic acids is 2. The second-order valence-corrected chi connectivity index (χ2v) is 15.6. The van der Waals surface area contributed by atoms with Crippen molar-refractivity contribution in [3.05, 3.63) is 93.1 Å². The Kier molecular flexibility index (Phi) is 11.5. The molecule has 2 saturated heterocycles. The van der Waals surface area contributed by atoms with Gasteiger partial charge in [0.2, 0.25) is 15.9 Å². The lowest BCUT2D eigenvalue weighted by atomic mass is 10.0. The Bertz CT molecular complexity index is 2110. The van der Waals surface area contributed by atoms with Gasteiger partial charge in [0.1, 0.15) is 34.6 Å². The zero-order valence-electron chi connectivity index (χ0n) is 28.8. The van der Waals surface area contributed by atoms with E-state index in [2.05, 4.69) is 15.4 Å². The topological polar surface area (TPSA) is 157 Å². The van der Waals surface area contributed by atoms with Crippen LogP contribution in [0.2, 0.25) is 10.0 Å². The number of benzene rings is 3. The molecule has 15 heteroatoms. The van der Waals surface area contributed by atoms with Crippen molar-refractivity contribution in [2.45, 2.75) is 63.1 Å². The van der Waals surface area contributed by atoms with Crippen LogP contribution >= 0.6 is 23.2 Å². The second-order valence-electron chi connectivity index (χ2n) is 12.9. The summed E-state index contributed by atoms with van der Waals surface area (Å²) in [7, 11) is -4.19. The van der Waals surface area contributed by atoms with Gasteiger partial charge < -0.3 is 25.5 Å². The van der Waals surface area contributed by atoms with Crippen molar-refractivity contribution < 1.29 is 27.5 Å². The molecule has 1 aromatic heterocycles. The number of sulfonamides is 1. The van der Waals surface area contributed by atoms with Gasteiger partial charge in [-0.3, -0.25) is 9.59 Å². The first-order valence-electron chi connectivity index (χ1n) is 17.0. The van der Waals surface area contributed by atoms with Gasteiger partial charge in [-0.25, -0.2) is 13.4 Å². The molecule has 12 nitrogen and oxygen atoms in total. The molecule has 0 radical (unpaired) electrons. The van der Waals surface area contributed by atoms with Crippen LogP contribution in [-0.2, 0) is 26.2 Å². The maximum Gasteiger partial charge on any atom is 0.260 e. The lowest BCUT2D eigenvalue weighted by Gasteiger charge is -2.33. The van der Waals surface area contributed by atoms with E-state index in [1.807, 2.05) is 32.0 Å². The standard InChI is InChI=1S/C37H40Cl2N6O6S/c1-23-19-24(2)42-36-28(23)5-3-7-32(36)51-21-29-30(38)12-13-33(35(29)39)52(48,49)45-16-4-6-31(45)37(47)43-26-14-17-44(18-15-26)34(46)22-50-27-10-8-25(9-11-27)20-41-40/h3,5,7-13,19-20,26,31H,4,6,14-18,21-22,40H2,1-2H3,(H,43,47)/t31-/m0/s1. The number of rotatable bonds is 11. The van der Waals surface area contributed by atoms with Crippen LogP contribution < -0.4 is 20.6 Å². The Morgan fingerprint density at radius 3 is 2.50 bits per heavy atom. The van der Waals surface area contributed by atoms with Gasteiger partial charge in [-0.05, 0) is 99.2 Å². The number of aromatic nitrogens is 1. The van der Waals surface area contributed by atoms with E-state index in [0.717, 1.165) is 22.2 Å². The summed E-state index contributed by atoms with van der Waals surface area (Å²) in [6, 6.07) is 16.4. The highest BCUT2D eigenvalue weighted by atomic mass is 35.5. The first kappa shape index (κ1) is 37.3. The highest BCUT2D eigenvalue weighted by Crippen LogP contribution is 2.37. The van der Waals surface area contributed by atoms with Crippen molar-refractivity contribution in [2.75, 3.05) is 26.2 Å². The summed E-state index contributed by atoms with van der Waals surface area (Å²) in [6.45, 7) is 4.74. The van der Waals surface area contributed by atoms with E-state index in [1.165, 1.54) is 22.7 Å². The molecular weight excluding hydrogens is 727 g/mol. The SMILES string of the molecule is Cc1cc(C)c2cccc(OCc3c(Cl)ccc(S(=O)(=O)N4CCC[C@H]4C(=O)NC4CCN(C(=O)COc5ccc(C=NN)cc5)CC4)c3Cl)c2n1. The number of nitrogens with two attached hydrogens (primary N) is 1. The Balaban J connectivity index is 1.07. The molecule has 6 rings (SSSR count). The van der Waals surface area contributed by atoms with E-state index in [4.69, 9.17) is 38.5 Å². The number of fused-ring (bicyclic) bond motifs is 1.